The van der Waals surface area contributed by atoms with Crippen LogP contribution in [0.25, 0.3) is 0 Å². The zero-order chi connectivity index (χ0) is 28.4. The molecule has 39 heavy (non-hydrogen) atoms. The van der Waals surface area contributed by atoms with Gasteiger partial charge in [0.25, 0.3) is 0 Å². The lowest BCUT2D eigenvalue weighted by molar-refractivity contribution is -0.132. The third-order valence-corrected chi connectivity index (χ3v) is 6.34. The summed E-state index contributed by atoms with van der Waals surface area (Å²) in [7, 11) is 1.91. The van der Waals surface area contributed by atoms with E-state index in [2.05, 4.69) is 24.5 Å². The zero-order valence-electron chi connectivity index (χ0n) is 24.1. The van der Waals surface area contributed by atoms with Gasteiger partial charge in [0.1, 0.15) is 31.0 Å². The molecule has 0 bridgehead atoms. The molecule has 2 unspecified atom stereocenters. The second-order valence-electron chi connectivity index (χ2n) is 11.4. The molecule has 0 spiro atoms. The SMILES string of the molecule is CC(C)CC(C(=O)NC(Cc1ccc(OCc2ccccc2)cc1)C(=O)NC(C)(C)C)N(C)C1=CCOC=C1. The number of nitrogens with zero attached hydrogens (tertiary/aromatic N) is 1. The van der Waals surface area contributed by atoms with Gasteiger partial charge in [-0.25, -0.2) is 0 Å². The Bertz CT molecular complexity index is 1130. The molecular weight excluding hydrogens is 490 g/mol. The van der Waals surface area contributed by atoms with Crippen LogP contribution in [0, 0.1) is 5.92 Å². The second-order valence-corrected chi connectivity index (χ2v) is 11.4. The van der Waals surface area contributed by atoms with Gasteiger partial charge in [-0.3, -0.25) is 9.59 Å². The molecular formula is C32H43N3O4. The van der Waals surface area contributed by atoms with E-state index in [1.807, 2.05) is 99.5 Å². The first-order valence-corrected chi connectivity index (χ1v) is 13.6. The molecule has 0 fully saturated rings. The van der Waals surface area contributed by atoms with Gasteiger partial charge in [-0.2, -0.15) is 0 Å². The Morgan fingerprint density at radius 2 is 1.69 bits per heavy atom. The average Bonchev–Trinajstić information content (AvgIpc) is 2.90. The van der Waals surface area contributed by atoms with Gasteiger partial charge in [0.15, 0.2) is 0 Å². The van der Waals surface area contributed by atoms with E-state index in [4.69, 9.17) is 9.47 Å². The number of carbonyl (C=O) groups is 2. The molecule has 2 N–H and O–H groups in total. The van der Waals surface area contributed by atoms with Crippen molar-refractivity contribution in [2.75, 3.05) is 13.7 Å². The summed E-state index contributed by atoms with van der Waals surface area (Å²) in [4.78, 5) is 29.0. The Kier molecular flexibility index (Phi) is 10.6. The lowest BCUT2D eigenvalue weighted by Crippen LogP contribution is -2.56. The monoisotopic (exact) mass is 533 g/mol. The highest BCUT2D eigenvalue weighted by atomic mass is 16.5. The first-order chi connectivity index (χ1) is 18.5. The molecule has 2 amide bonds. The van der Waals surface area contributed by atoms with Crippen molar-refractivity contribution in [3.05, 3.63) is 89.8 Å². The third-order valence-electron chi connectivity index (χ3n) is 6.34. The van der Waals surface area contributed by atoms with Gasteiger partial charge in [-0.05, 0) is 68.5 Å². The van der Waals surface area contributed by atoms with Crippen molar-refractivity contribution in [1.29, 1.82) is 0 Å². The molecule has 210 valence electrons. The Balaban J connectivity index is 1.74. The highest BCUT2D eigenvalue weighted by Crippen LogP contribution is 2.20. The van der Waals surface area contributed by atoms with Crippen molar-refractivity contribution in [3.8, 4) is 5.75 Å². The highest BCUT2D eigenvalue weighted by Gasteiger charge is 2.31. The van der Waals surface area contributed by atoms with E-state index in [1.165, 1.54) is 0 Å². The molecule has 2 atom stereocenters. The van der Waals surface area contributed by atoms with Gasteiger partial charge in [-0.1, -0.05) is 56.3 Å². The molecule has 0 aromatic heterocycles. The lowest BCUT2D eigenvalue weighted by Gasteiger charge is -2.33. The quantitative estimate of drug-likeness (QED) is 0.402. The number of carbonyl (C=O) groups excluding carboxylic acids is 2. The molecule has 0 saturated carbocycles. The van der Waals surface area contributed by atoms with E-state index in [1.54, 1.807) is 6.26 Å². The summed E-state index contributed by atoms with van der Waals surface area (Å²) in [5.41, 5.74) is 2.52. The van der Waals surface area contributed by atoms with Crippen LogP contribution in [0.15, 0.2) is 78.7 Å². The maximum atomic E-state index is 13.7. The summed E-state index contributed by atoms with van der Waals surface area (Å²) in [6, 6.07) is 16.5. The van der Waals surface area contributed by atoms with Gasteiger partial charge in [0.05, 0.1) is 6.26 Å². The number of ether oxygens (including phenoxy) is 2. The Labute approximate surface area is 233 Å². The van der Waals surface area contributed by atoms with Crippen molar-refractivity contribution < 1.29 is 19.1 Å². The molecule has 2 aromatic rings. The fraction of sp³-hybridized carbons (Fsp3) is 0.438. The first-order valence-electron chi connectivity index (χ1n) is 13.6. The van der Waals surface area contributed by atoms with E-state index in [-0.39, 0.29) is 17.7 Å². The van der Waals surface area contributed by atoms with E-state index in [9.17, 15) is 9.59 Å². The Hall–Kier alpha value is -3.74. The van der Waals surface area contributed by atoms with Gasteiger partial charge in [0, 0.05) is 24.7 Å². The summed E-state index contributed by atoms with van der Waals surface area (Å²) < 4.78 is 11.2. The molecule has 1 aliphatic rings. The van der Waals surface area contributed by atoms with E-state index in [0.29, 0.717) is 26.1 Å². The number of amides is 2. The first kappa shape index (κ1) is 29.8. The summed E-state index contributed by atoms with van der Waals surface area (Å²) in [6.07, 6.45) is 6.46. The average molecular weight is 534 g/mol. The number of likely N-dealkylation sites (N-methyl/N-ethyl adjacent to an activating group) is 1. The minimum atomic E-state index is -0.727. The van der Waals surface area contributed by atoms with Crippen molar-refractivity contribution in [2.45, 2.75) is 71.7 Å². The molecule has 1 aliphatic heterocycles. The smallest absolute Gasteiger partial charge is 0.243 e. The van der Waals surface area contributed by atoms with E-state index >= 15 is 0 Å². The normalized spacial score (nSPS) is 14.6. The number of allylic oxidation sites excluding steroid dienone is 1. The van der Waals surface area contributed by atoms with Crippen molar-refractivity contribution in [3.63, 3.8) is 0 Å². The van der Waals surface area contributed by atoms with Crippen LogP contribution >= 0.6 is 0 Å². The third kappa shape index (κ3) is 9.82. The topological polar surface area (TPSA) is 79.9 Å². The minimum absolute atomic E-state index is 0.177. The number of nitrogens with one attached hydrogen (secondary N) is 2. The van der Waals surface area contributed by atoms with Crippen LogP contribution in [0.2, 0.25) is 0 Å². The Morgan fingerprint density at radius 3 is 2.28 bits per heavy atom. The second kappa shape index (κ2) is 13.9. The maximum absolute atomic E-state index is 13.7. The largest absolute Gasteiger partial charge is 0.497 e. The van der Waals surface area contributed by atoms with Gasteiger partial charge in [0.2, 0.25) is 11.8 Å². The van der Waals surface area contributed by atoms with Crippen molar-refractivity contribution in [1.82, 2.24) is 15.5 Å². The summed E-state index contributed by atoms with van der Waals surface area (Å²) in [6.45, 7) is 10.9. The van der Waals surface area contributed by atoms with Crippen molar-refractivity contribution >= 4 is 11.8 Å². The molecule has 0 aliphatic carbocycles. The number of hydrogen-bond donors (Lipinski definition) is 2. The van der Waals surface area contributed by atoms with Gasteiger partial charge < -0.3 is 25.0 Å². The Morgan fingerprint density at radius 1 is 1.00 bits per heavy atom. The number of rotatable bonds is 12. The van der Waals surface area contributed by atoms with Gasteiger partial charge in [-0.15, -0.1) is 0 Å². The predicted molar refractivity (Wildman–Crippen MR) is 155 cm³/mol. The predicted octanol–water partition coefficient (Wildman–Crippen LogP) is 4.98. The number of hydrogen-bond acceptors (Lipinski definition) is 5. The molecule has 1 heterocycles. The lowest BCUT2D eigenvalue weighted by atomic mass is 9.99. The highest BCUT2D eigenvalue weighted by molar-refractivity contribution is 5.90. The zero-order valence-corrected chi connectivity index (χ0v) is 24.1. The van der Waals surface area contributed by atoms with Crippen molar-refractivity contribution in [2.24, 2.45) is 5.92 Å². The summed E-state index contributed by atoms with van der Waals surface area (Å²) >= 11 is 0. The van der Waals surface area contributed by atoms with Gasteiger partial charge >= 0.3 is 0 Å². The van der Waals surface area contributed by atoms with Crippen LogP contribution in [-0.2, 0) is 27.4 Å². The van der Waals surface area contributed by atoms with Crippen LogP contribution in [0.5, 0.6) is 5.75 Å². The number of benzene rings is 2. The standard InChI is InChI=1S/C32H43N3O4/c1-23(2)20-29(35(6)26-16-18-38-19-17-26)31(37)33-28(30(36)34-32(3,4)5)21-24-12-14-27(15-13-24)39-22-25-10-8-7-9-11-25/h7-18,23,28-29H,19-22H2,1-6H3,(H,33,37)(H,34,36). The molecule has 3 rings (SSSR count). The molecule has 0 saturated heterocycles. The fourth-order valence-corrected chi connectivity index (χ4v) is 4.34. The maximum Gasteiger partial charge on any atom is 0.243 e. The van der Waals surface area contributed by atoms with Crippen LogP contribution in [0.1, 0.15) is 52.2 Å². The minimum Gasteiger partial charge on any atom is -0.497 e. The molecule has 7 nitrogen and oxygen atoms in total. The molecule has 0 radical (unpaired) electrons. The van der Waals surface area contributed by atoms with E-state index < -0.39 is 17.6 Å². The van der Waals surface area contributed by atoms with Crippen LogP contribution in [-0.4, -0.2) is 48.0 Å². The van der Waals surface area contributed by atoms with Crippen LogP contribution in [0.4, 0.5) is 0 Å². The van der Waals surface area contributed by atoms with E-state index in [0.717, 1.165) is 22.6 Å². The molecule has 7 heteroatoms. The molecule has 2 aromatic carbocycles. The van der Waals surface area contributed by atoms with Crippen LogP contribution in [0.3, 0.4) is 0 Å². The summed E-state index contributed by atoms with van der Waals surface area (Å²) in [5, 5.41) is 6.10. The summed E-state index contributed by atoms with van der Waals surface area (Å²) in [5.74, 6) is 0.650. The van der Waals surface area contributed by atoms with Crippen LogP contribution < -0.4 is 15.4 Å². The fourth-order valence-electron chi connectivity index (χ4n) is 4.34.